The number of hydrogen-bond donors (Lipinski definition) is 1. The fraction of sp³-hybridized carbons (Fsp3) is 0.311. The van der Waals surface area contributed by atoms with Gasteiger partial charge in [-0.05, 0) is 87.1 Å². The van der Waals surface area contributed by atoms with Gasteiger partial charge in [0, 0.05) is 46.0 Å². The van der Waals surface area contributed by atoms with Crippen LogP contribution >= 0.6 is 0 Å². The Balaban J connectivity index is 1.10. The number of imide groups is 2. The van der Waals surface area contributed by atoms with Gasteiger partial charge in [0.05, 0.1) is 5.69 Å². The largest absolute Gasteiger partial charge is 0.370 e. The summed E-state index contributed by atoms with van der Waals surface area (Å²) in [5.74, 6) is -1.72. The van der Waals surface area contributed by atoms with Gasteiger partial charge in [0.1, 0.15) is 0 Å². The van der Waals surface area contributed by atoms with Crippen molar-refractivity contribution in [1.29, 1.82) is 0 Å². The van der Waals surface area contributed by atoms with E-state index in [0.29, 0.717) is 51.7 Å². The molecule has 0 unspecified atom stereocenters. The monoisotopic (exact) mass is 705 g/mol. The lowest BCUT2D eigenvalue weighted by molar-refractivity contribution is -0.118. The van der Waals surface area contributed by atoms with Gasteiger partial charge in [0.25, 0.3) is 23.6 Å². The number of anilines is 1. The third-order valence-corrected chi connectivity index (χ3v) is 11.3. The third-order valence-electron chi connectivity index (χ3n) is 11.3. The van der Waals surface area contributed by atoms with Gasteiger partial charge in [-0.2, -0.15) is 0 Å². The number of benzene rings is 6. The molecule has 0 aromatic heterocycles. The zero-order chi connectivity index (χ0) is 36.8. The van der Waals surface area contributed by atoms with Crippen molar-refractivity contribution in [2.45, 2.75) is 84.0 Å². The minimum atomic E-state index is -0.411. The van der Waals surface area contributed by atoms with Crippen molar-refractivity contribution in [3.05, 3.63) is 101 Å². The highest BCUT2D eigenvalue weighted by molar-refractivity contribution is 6.43. The number of unbranched alkanes of at least 4 members (excludes halogenated alkanes) is 9. The molecule has 268 valence electrons. The third kappa shape index (κ3) is 5.81. The van der Waals surface area contributed by atoms with Gasteiger partial charge in [0.2, 0.25) is 5.91 Å². The van der Waals surface area contributed by atoms with Gasteiger partial charge < -0.3 is 5.73 Å². The highest BCUT2D eigenvalue weighted by Gasteiger charge is 2.37. The fourth-order valence-electron chi connectivity index (χ4n) is 8.59. The van der Waals surface area contributed by atoms with E-state index in [2.05, 4.69) is 6.92 Å². The maximum absolute atomic E-state index is 14.1. The van der Waals surface area contributed by atoms with Gasteiger partial charge in [-0.25, -0.2) is 4.90 Å². The second kappa shape index (κ2) is 14.1. The van der Waals surface area contributed by atoms with Gasteiger partial charge in [-0.3, -0.25) is 28.9 Å². The molecule has 2 N–H and O–H groups in total. The van der Waals surface area contributed by atoms with E-state index in [-0.39, 0.29) is 18.2 Å². The Morgan fingerprint density at radius 2 is 0.925 bits per heavy atom. The summed E-state index contributed by atoms with van der Waals surface area (Å²) in [6, 6.07) is 22.0. The summed E-state index contributed by atoms with van der Waals surface area (Å²) < 4.78 is 0. The predicted octanol–water partition coefficient (Wildman–Crippen LogP) is 9.47. The second-order valence-corrected chi connectivity index (χ2v) is 14.7. The van der Waals surface area contributed by atoms with Crippen molar-refractivity contribution >= 4 is 78.3 Å². The number of primary amides is 1. The molecule has 2 aliphatic heterocycles. The lowest BCUT2D eigenvalue weighted by Gasteiger charge is -2.30. The van der Waals surface area contributed by atoms with E-state index in [4.69, 9.17) is 5.73 Å². The standard InChI is InChI=1S/C45H43N3O5/c1-2-3-4-5-6-7-8-9-10-11-26-47-42(50)33-21-17-29-31-19-23-35-41-36(24-20-32(39(31)41)30-18-22-34(43(47)51)40(33)38(29)30)45(53)48(44(35)52)28-15-12-27(13-16-28)14-25-37(46)49/h12-13,15-24H,2-11,14,25-26H2,1H3,(H2,46,49). The summed E-state index contributed by atoms with van der Waals surface area (Å²) in [5, 5.41) is 6.40. The summed E-state index contributed by atoms with van der Waals surface area (Å²) in [7, 11) is 0. The Bertz CT molecular complexity index is 2350. The van der Waals surface area contributed by atoms with Crippen molar-refractivity contribution in [3.8, 4) is 0 Å². The molecule has 0 atom stereocenters. The zero-order valence-corrected chi connectivity index (χ0v) is 30.1. The molecule has 6 aromatic carbocycles. The molecule has 0 spiro atoms. The van der Waals surface area contributed by atoms with Crippen molar-refractivity contribution in [3.63, 3.8) is 0 Å². The highest BCUT2D eigenvalue weighted by Crippen LogP contribution is 2.46. The number of carbonyl (C=O) groups excluding carboxylic acids is 5. The molecular formula is C45H43N3O5. The van der Waals surface area contributed by atoms with E-state index >= 15 is 0 Å². The lowest BCUT2D eigenvalue weighted by atomic mass is 9.82. The second-order valence-electron chi connectivity index (χ2n) is 14.7. The van der Waals surface area contributed by atoms with Crippen LogP contribution < -0.4 is 10.6 Å². The normalized spacial score (nSPS) is 14.2. The molecular weight excluding hydrogens is 663 g/mol. The molecule has 2 aliphatic rings. The molecule has 53 heavy (non-hydrogen) atoms. The van der Waals surface area contributed by atoms with E-state index in [0.717, 1.165) is 57.1 Å². The van der Waals surface area contributed by atoms with Crippen LogP contribution in [0.15, 0.2) is 72.8 Å². The van der Waals surface area contributed by atoms with Gasteiger partial charge in [-0.1, -0.05) is 101 Å². The lowest BCUT2D eigenvalue weighted by Crippen LogP contribution is -2.41. The molecule has 0 radical (unpaired) electrons. The summed E-state index contributed by atoms with van der Waals surface area (Å²) in [4.78, 5) is 69.8. The summed E-state index contributed by atoms with van der Waals surface area (Å²) in [6.07, 6.45) is 12.5. The Morgan fingerprint density at radius 1 is 0.509 bits per heavy atom. The van der Waals surface area contributed by atoms with Crippen LogP contribution in [0.2, 0.25) is 0 Å². The first-order valence-electron chi connectivity index (χ1n) is 19.1. The zero-order valence-electron chi connectivity index (χ0n) is 30.1. The van der Waals surface area contributed by atoms with Gasteiger partial charge in [-0.15, -0.1) is 0 Å². The highest BCUT2D eigenvalue weighted by atomic mass is 16.2. The van der Waals surface area contributed by atoms with E-state index in [9.17, 15) is 24.0 Å². The Labute approximate surface area is 308 Å². The minimum Gasteiger partial charge on any atom is -0.370 e. The molecule has 2 heterocycles. The number of aryl methyl sites for hydroxylation is 1. The molecule has 8 nitrogen and oxygen atoms in total. The van der Waals surface area contributed by atoms with E-state index in [1.54, 1.807) is 36.4 Å². The smallest absolute Gasteiger partial charge is 0.265 e. The molecule has 8 heteroatoms. The predicted molar refractivity (Wildman–Crippen MR) is 210 cm³/mol. The molecule has 5 amide bonds. The van der Waals surface area contributed by atoms with Crippen LogP contribution in [0.5, 0.6) is 0 Å². The molecule has 0 bridgehead atoms. The molecule has 6 aromatic rings. The van der Waals surface area contributed by atoms with Crippen molar-refractivity contribution < 1.29 is 24.0 Å². The van der Waals surface area contributed by atoms with Gasteiger partial charge in [0.15, 0.2) is 0 Å². The number of rotatable bonds is 15. The maximum atomic E-state index is 14.1. The number of hydrogen-bond acceptors (Lipinski definition) is 5. The molecule has 8 rings (SSSR count). The Kier molecular flexibility index (Phi) is 9.15. The SMILES string of the molecule is CCCCCCCCCCCCN1C(=O)c2ccc3c4ccc5c6c(ccc(c7ccc(c2c37)C1=O)c64)C(=O)N(c1ccc(CCC(N)=O)cc1)C5=O. The average molecular weight is 706 g/mol. The number of nitrogens with two attached hydrogens (primary N) is 1. The van der Waals surface area contributed by atoms with E-state index in [1.165, 1.54) is 54.7 Å². The number of amides is 5. The topological polar surface area (TPSA) is 118 Å². The van der Waals surface area contributed by atoms with Crippen LogP contribution in [-0.2, 0) is 11.2 Å². The quantitative estimate of drug-likeness (QED) is 0.0494. The van der Waals surface area contributed by atoms with Crippen LogP contribution in [0.1, 0.15) is 125 Å². The van der Waals surface area contributed by atoms with Crippen molar-refractivity contribution in [2.75, 3.05) is 11.4 Å². The van der Waals surface area contributed by atoms with Crippen molar-refractivity contribution in [1.82, 2.24) is 4.90 Å². The molecule has 0 saturated heterocycles. The first-order valence-corrected chi connectivity index (χ1v) is 19.1. The first kappa shape index (κ1) is 34.5. The fourth-order valence-corrected chi connectivity index (χ4v) is 8.59. The maximum Gasteiger partial charge on any atom is 0.265 e. The number of fused-ring (bicyclic) bond motifs is 2. The van der Waals surface area contributed by atoms with Crippen LogP contribution in [0.3, 0.4) is 0 Å². The summed E-state index contributed by atoms with van der Waals surface area (Å²) in [6.45, 7) is 2.64. The van der Waals surface area contributed by atoms with Crippen LogP contribution in [0.25, 0.3) is 43.1 Å². The molecule has 0 fully saturated rings. The van der Waals surface area contributed by atoms with Crippen LogP contribution in [0, 0.1) is 0 Å². The number of nitrogens with zero attached hydrogens (tertiary/aromatic N) is 2. The average Bonchev–Trinajstić information content (AvgIpc) is 3.16. The summed E-state index contributed by atoms with van der Waals surface area (Å²) >= 11 is 0. The van der Waals surface area contributed by atoms with Crippen LogP contribution in [-0.4, -0.2) is 41.0 Å². The minimum absolute atomic E-state index is 0.213. The van der Waals surface area contributed by atoms with Crippen molar-refractivity contribution in [2.24, 2.45) is 5.73 Å². The van der Waals surface area contributed by atoms with E-state index in [1.807, 2.05) is 36.4 Å². The van der Waals surface area contributed by atoms with Crippen LogP contribution in [0.4, 0.5) is 5.69 Å². The molecule has 0 aliphatic carbocycles. The Morgan fingerprint density at radius 3 is 1.36 bits per heavy atom. The number of carbonyl (C=O) groups is 5. The molecule has 0 saturated carbocycles. The summed E-state index contributed by atoms with van der Waals surface area (Å²) in [5.41, 5.74) is 8.55. The Hall–Kier alpha value is -5.63. The van der Waals surface area contributed by atoms with Gasteiger partial charge >= 0.3 is 0 Å². The first-order chi connectivity index (χ1) is 25.8. The van der Waals surface area contributed by atoms with E-state index < -0.39 is 17.7 Å².